The normalized spacial score (nSPS) is 12.6. The summed E-state index contributed by atoms with van der Waals surface area (Å²) in [6.07, 6.45) is 4.80. The van der Waals surface area contributed by atoms with Gasteiger partial charge in [-0.25, -0.2) is 0 Å². The summed E-state index contributed by atoms with van der Waals surface area (Å²) >= 11 is 0. The fourth-order valence-corrected chi connectivity index (χ4v) is 0.436. The minimum atomic E-state index is -1.73. The van der Waals surface area contributed by atoms with Crippen molar-refractivity contribution in [2.75, 3.05) is 13.7 Å². The highest BCUT2D eigenvalue weighted by molar-refractivity contribution is 7.40. The van der Waals surface area contributed by atoms with Crippen molar-refractivity contribution in [1.82, 2.24) is 0 Å². The summed E-state index contributed by atoms with van der Waals surface area (Å²) in [5.74, 6) is 2.19. The second-order valence-electron chi connectivity index (χ2n) is 0.898. The fraction of sp³-hybridized carbons (Fsp3) is 0.500. The predicted octanol–water partition coefficient (Wildman–Crippen LogP) is 0.502. The quantitative estimate of drug-likeness (QED) is 0.451. The van der Waals surface area contributed by atoms with Crippen molar-refractivity contribution in [3.63, 3.8) is 0 Å². The Morgan fingerprint density at radius 1 is 1.88 bits per heavy atom. The highest BCUT2D eigenvalue weighted by Gasteiger charge is 1.98. The van der Waals surface area contributed by atoms with E-state index < -0.39 is 8.60 Å². The molecule has 0 fully saturated rings. The Hall–Kier alpha value is -0.130. The second kappa shape index (κ2) is 5.02. The molecular formula is C4H7O3P. The maximum absolute atomic E-state index is 8.51. The smallest absolute Gasteiger partial charge is 0.328 e. The molecule has 0 bridgehead atoms. The average molecular weight is 134 g/mol. The van der Waals surface area contributed by atoms with Crippen molar-refractivity contribution in [3.05, 3.63) is 0 Å². The van der Waals surface area contributed by atoms with Crippen LogP contribution in [0.2, 0.25) is 0 Å². The van der Waals surface area contributed by atoms with Gasteiger partial charge in [0.05, 0.1) is 0 Å². The highest BCUT2D eigenvalue weighted by Crippen LogP contribution is 2.30. The summed E-state index contributed by atoms with van der Waals surface area (Å²) in [5.41, 5.74) is 0. The number of hydrogen-bond acceptors (Lipinski definition) is 3. The highest BCUT2D eigenvalue weighted by atomic mass is 31.2. The lowest BCUT2D eigenvalue weighted by atomic mass is 10.8. The lowest BCUT2D eigenvalue weighted by molar-refractivity contribution is 0.253. The van der Waals surface area contributed by atoms with Gasteiger partial charge in [-0.3, -0.25) is 4.52 Å². The van der Waals surface area contributed by atoms with Gasteiger partial charge in [-0.1, -0.05) is 5.92 Å². The van der Waals surface area contributed by atoms with Crippen LogP contribution < -0.4 is 0 Å². The zero-order valence-electron chi connectivity index (χ0n) is 4.50. The summed E-state index contributed by atoms with van der Waals surface area (Å²) in [7, 11) is -0.377. The standard InChI is InChI=1S/C4H7O3P/c1-3-4-7-8(5)6-2/h1,5H,4H2,2H3. The minimum absolute atomic E-state index is 0.0933. The van der Waals surface area contributed by atoms with Gasteiger partial charge in [0.1, 0.15) is 6.61 Å². The Morgan fingerprint density at radius 3 is 2.88 bits per heavy atom. The van der Waals surface area contributed by atoms with Crippen LogP contribution >= 0.6 is 8.60 Å². The second-order valence-corrected chi connectivity index (χ2v) is 2.00. The van der Waals surface area contributed by atoms with Gasteiger partial charge in [-0.05, 0) is 0 Å². The Labute approximate surface area is 49.6 Å². The van der Waals surface area contributed by atoms with Gasteiger partial charge in [0.2, 0.25) is 0 Å². The number of terminal acetylenes is 1. The molecule has 0 heterocycles. The van der Waals surface area contributed by atoms with E-state index in [-0.39, 0.29) is 6.61 Å². The van der Waals surface area contributed by atoms with Crippen molar-refractivity contribution < 1.29 is 13.9 Å². The van der Waals surface area contributed by atoms with Crippen molar-refractivity contribution in [3.8, 4) is 12.3 Å². The molecule has 0 aliphatic heterocycles. The summed E-state index contributed by atoms with van der Waals surface area (Å²) < 4.78 is 8.86. The predicted molar refractivity (Wildman–Crippen MR) is 30.9 cm³/mol. The Balaban J connectivity index is 3.01. The molecule has 1 atom stereocenters. The maximum Gasteiger partial charge on any atom is 0.330 e. The van der Waals surface area contributed by atoms with Crippen LogP contribution in [-0.4, -0.2) is 18.6 Å². The molecule has 0 aliphatic carbocycles. The van der Waals surface area contributed by atoms with E-state index in [1.165, 1.54) is 7.11 Å². The molecule has 46 valence electrons. The van der Waals surface area contributed by atoms with Gasteiger partial charge in [0.25, 0.3) is 0 Å². The first-order valence-corrected chi connectivity index (χ1v) is 3.03. The molecule has 1 unspecified atom stereocenters. The maximum atomic E-state index is 8.51. The summed E-state index contributed by atoms with van der Waals surface area (Å²) in [6.45, 7) is 0.0933. The third kappa shape index (κ3) is 4.04. The van der Waals surface area contributed by atoms with Gasteiger partial charge in [0.15, 0.2) is 0 Å². The van der Waals surface area contributed by atoms with Crippen LogP contribution in [0.5, 0.6) is 0 Å². The third-order valence-corrected chi connectivity index (χ3v) is 1.08. The first-order chi connectivity index (χ1) is 3.81. The van der Waals surface area contributed by atoms with Gasteiger partial charge < -0.3 is 9.42 Å². The zero-order valence-corrected chi connectivity index (χ0v) is 5.39. The van der Waals surface area contributed by atoms with Crippen LogP contribution in [0.25, 0.3) is 0 Å². The van der Waals surface area contributed by atoms with E-state index in [9.17, 15) is 0 Å². The molecule has 0 radical (unpaired) electrons. The van der Waals surface area contributed by atoms with Crippen LogP contribution in [0.4, 0.5) is 0 Å². The molecule has 1 N–H and O–H groups in total. The Kier molecular flexibility index (Phi) is 4.93. The molecule has 0 aliphatic rings. The largest absolute Gasteiger partial charge is 0.330 e. The average Bonchev–Trinajstić information content (AvgIpc) is 1.83. The van der Waals surface area contributed by atoms with E-state index in [2.05, 4.69) is 15.0 Å². The van der Waals surface area contributed by atoms with Crippen LogP contribution in [0, 0.1) is 12.3 Å². The SMILES string of the molecule is C#CCOP(O)OC. The van der Waals surface area contributed by atoms with Gasteiger partial charge in [-0.2, -0.15) is 0 Å². The number of hydrogen-bond donors (Lipinski definition) is 1. The lowest BCUT2D eigenvalue weighted by Gasteiger charge is -2.01. The van der Waals surface area contributed by atoms with E-state index in [0.717, 1.165) is 0 Å². The topological polar surface area (TPSA) is 38.7 Å². The summed E-state index contributed by atoms with van der Waals surface area (Å²) in [5, 5.41) is 0. The molecule has 0 amide bonds. The first-order valence-electron chi connectivity index (χ1n) is 1.90. The zero-order chi connectivity index (χ0) is 6.41. The van der Waals surface area contributed by atoms with Crippen molar-refractivity contribution in [2.45, 2.75) is 0 Å². The van der Waals surface area contributed by atoms with Gasteiger partial charge >= 0.3 is 8.60 Å². The van der Waals surface area contributed by atoms with Crippen LogP contribution in [0.1, 0.15) is 0 Å². The molecule has 8 heavy (non-hydrogen) atoms. The van der Waals surface area contributed by atoms with Gasteiger partial charge in [-0.15, -0.1) is 6.42 Å². The summed E-state index contributed by atoms with van der Waals surface area (Å²) in [6, 6.07) is 0. The summed E-state index contributed by atoms with van der Waals surface area (Å²) in [4.78, 5) is 8.51. The van der Waals surface area contributed by atoms with E-state index in [1.54, 1.807) is 0 Å². The third-order valence-electron chi connectivity index (χ3n) is 0.415. The fourth-order valence-electron chi connectivity index (χ4n) is 0.145. The molecule has 0 spiro atoms. The molecule has 4 heteroatoms. The van der Waals surface area contributed by atoms with Crippen molar-refractivity contribution in [2.24, 2.45) is 0 Å². The van der Waals surface area contributed by atoms with Crippen molar-refractivity contribution in [1.29, 1.82) is 0 Å². The van der Waals surface area contributed by atoms with Gasteiger partial charge in [0, 0.05) is 7.11 Å². The van der Waals surface area contributed by atoms with Crippen LogP contribution in [-0.2, 0) is 9.05 Å². The van der Waals surface area contributed by atoms with Crippen molar-refractivity contribution >= 4 is 8.60 Å². The molecule has 3 nitrogen and oxygen atoms in total. The molecule has 0 rings (SSSR count). The Bertz CT molecular complexity index is 87.8. The molecule has 0 aromatic heterocycles. The van der Waals surface area contributed by atoms with Crippen LogP contribution in [0.15, 0.2) is 0 Å². The number of rotatable bonds is 3. The molecule has 0 saturated carbocycles. The first kappa shape index (κ1) is 7.87. The van der Waals surface area contributed by atoms with Crippen LogP contribution in [0.3, 0.4) is 0 Å². The van der Waals surface area contributed by atoms with E-state index in [4.69, 9.17) is 11.3 Å². The monoisotopic (exact) mass is 134 g/mol. The molecule has 0 aromatic carbocycles. The van der Waals surface area contributed by atoms with E-state index in [1.807, 2.05) is 0 Å². The minimum Gasteiger partial charge on any atom is -0.328 e. The molecule has 0 saturated heterocycles. The molecular weight excluding hydrogens is 127 g/mol. The lowest BCUT2D eigenvalue weighted by Crippen LogP contribution is -1.85. The van der Waals surface area contributed by atoms with E-state index >= 15 is 0 Å². The Morgan fingerprint density at radius 2 is 2.50 bits per heavy atom. The van der Waals surface area contributed by atoms with E-state index in [0.29, 0.717) is 0 Å². The molecule has 0 aromatic rings.